The van der Waals surface area contributed by atoms with Gasteiger partial charge in [0.1, 0.15) is 22.8 Å². The molecule has 4 aromatic heterocycles. The van der Waals surface area contributed by atoms with Crippen molar-refractivity contribution in [3.8, 4) is 33.9 Å². The summed E-state index contributed by atoms with van der Waals surface area (Å²) in [6, 6.07) is 18.8. The standard InChI is InChI=1S/C30H24ClFN8O/c1-30(2,41)24-7-3-6-21(35-24)15-40-16-23(38-39-40)28-29(33)37-26(17-8-10-20(32)11-9-17)27(36-28)19-13-18-5-4-12-34-25(18)22(31)14-19/h3-14,16,41H,15H2,1-2H3,(H2,33,37). The van der Waals surface area contributed by atoms with Crippen LogP contribution in [-0.4, -0.2) is 40.0 Å². The molecule has 0 fully saturated rings. The number of rotatable bonds is 6. The topological polar surface area (TPSA) is 129 Å². The zero-order valence-electron chi connectivity index (χ0n) is 22.1. The Balaban J connectivity index is 1.45. The summed E-state index contributed by atoms with van der Waals surface area (Å²) in [7, 11) is 0. The van der Waals surface area contributed by atoms with Crippen molar-refractivity contribution in [2.75, 3.05) is 5.73 Å². The first-order valence-electron chi connectivity index (χ1n) is 12.7. The Hall–Kier alpha value is -4.80. The van der Waals surface area contributed by atoms with Crippen LogP contribution in [0.1, 0.15) is 25.2 Å². The highest BCUT2D eigenvalue weighted by Gasteiger charge is 2.21. The second kappa shape index (κ2) is 10.3. The predicted octanol–water partition coefficient (Wildman–Crippen LogP) is 5.66. The number of fused-ring (bicyclic) bond motifs is 1. The first-order valence-corrected chi connectivity index (χ1v) is 13.1. The monoisotopic (exact) mass is 566 g/mol. The van der Waals surface area contributed by atoms with Gasteiger partial charge in [-0.3, -0.25) is 9.97 Å². The summed E-state index contributed by atoms with van der Waals surface area (Å²) in [5.74, 6) is -0.234. The summed E-state index contributed by atoms with van der Waals surface area (Å²) in [5.41, 5.74) is 10.3. The molecule has 0 bridgehead atoms. The number of hydrogen-bond acceptors (Lipinski definition) is 8. The van der Waals surface area contributed by atoms with Gasteiger partial charge < -0.3 is 10.8 Å². The highest BCUT2D eigenvalue weighted by Crippen LogP contribution is 2.36. The van der Waals surface area contributed by atoms with Crippen LogP contribution in [-0.2, 0) is 12.1 Å². The number of benzene rings is 2. The first kappa shape index (κ1) is 26.4. The van der Waals surface area contributed by atoms with Crippen LogP contribution < -0.4 is 5.73 Å². The van der Waals surface area contributed by atoms with Crippen LogP contribution in [0.5, 0.6) is 0 Å². The molecular weight excluding hydrogens is 543 g/mol. The average molecular weight is 567 g/mol. The van der Waals surface area contributed by atoms with Crippen molar-refractivity contribution in [1.29, 1.82) is 0 Å². The minimum atomic E-state index is -1.07. The maximum atomic E-state index is 13.7. The second-order valence-electron chi connectivity index (χ2n) is 10.1. The molecule has 0 radical (unpaired) electrons. The summed E-state index contributed by atoms with van der Waals surface area (Å²) in [5, 5.41) is 20.1. The van der Waals surface area contributed by atoms with Gasteiger partial charge in [0.25, 0.3) is 0 Å². The molecule has 3 N–H and O–H groups in total. The van der Waals surface area contributed by atoms with Gasteiger partial charge in [0.15, 0.2) is 5.82 Å². The third-order valence-corrected chi connectivity index (χ3v) is 6.80. The summed E-state index contributed by atoms with van der Waals surface area (Å²) < 4.78 is 15.3. The number of halogens is 2. The molecule has 0 aliphatic rings. The smallest absolute Gasteiger partial charge is 0.152 e. The van der Waals surface area contributed by atoms with Crippen LogP contribution in [0.15, 0.2) is 79.1 Å². The molecule has 0 saturated carbocycles. The highest BCUT2D eigenvalue weighted by molar-refractivity contribution is 6.35. The average Bonchev–Trinajstić information content (AvgIpc) is 3.41. The van der Waals surface area contributed by atoms with Crippen LogP contribution in [0.4, 0.5) is 10.2 Å². The van der Waals surface area contributed by atoms with Crippen molar-refractivity contribution in [2.24, 2.45) is 0 Å². The molecule has 204 valence electrons. The number of anilines is 1. The van der Waals surface area contributed by atoms with Crippen molar-refractivity contribution in [3.05, 3.63) is 101 Å². The summed E-state index contributed by atoms with van der Waals surface area (Å²) >= 11 is 6.61. The van der Waals surface area contributed by atoms with Gasteiger partial charge in [0.05, 0.1) is 46.1 Å². The van der Waals surface area contributed by atoms with E-state index in [0.29, 0.717) is 62.4 Å². The van der Waals surface area contributed by atoms with Gasteiger partial charge in [0.2, 0.25) is 0 Å². The second-order valence-corrected chi connectivity index (χ2v) is 10.5. The minimum absolute atomic E-state index is 0.135. The Bertz CT molecular complexity index is 1900. The number of nitrogens with two attached hydrogens (primary N) is 1. The van der Waals surface area contributed by atoms with E-state index < -0.39 is 5.60 Å². The number of hydrogen-bond donors (Lipinski definition) is 2. The fourth-order valence-electron chi connectivity index (χ4n) is 4.49. The lowest BCUT2D eigenvalue weighted by molar-refractivity contribution is 0.0736. The number of aliphatic hydroxyl groups is 1. The molecule has 0 spiro atoms. The SMILES string of the molecule is CC(C)(O)c1cccc(Cn2cc(-c3nc(-c4cc(Cl)c5ncccc5c4)c(-c4ccc(F)cc4)nc3N)nn2)n1. The lowest BCUT2D eigenvalue weighted by Crippen LogP contribution is -2.18. The Labute approximate surface area is 239 Å². The first-order chi connectivity index (χ1) is 19.7. The molecule has 2 aromatic carbocycles. The fourth-order valence-corrected chi connectivity index (χ4v) is 4.77. The Morgan fingerprint density at radius 2 is 1.71 bits per heavy atom. The van der Waals surface area contributed by atoms with Crippen LogP contribution >= 0.6 is 11.6 Å². The van der Waals surface area contributed by atoms with Gasteiger partial charge in [-0.15, -0.1) is 5.10 Å². The van der Waals surface area contributed by atoms with Crippen molar-refractivity contribution in [1.82, 2.24) is 34.9 Å². The van der Waals surface area contributed by atoms with E-state index in [9.17, 15) is 9.50 Å². The van der Waals surface area contributed by atoms with E-state index in [1.165, 1.54) is 12.1 Å². The van der Waals surface area contributed by atoms with Gasteiger partial charge >= 0.3 is 0 Å². The molecule has 41 heavy (non-hydrogen) atoms. The molecule has 0 atom stereocenters. The summed E-state index contributed by atoms with van der Waals surface area (Å²) in [4.78, 5) is 18.5. The number of pyridine rings is 2. The van der Waals surface area contributed by atoms with E-state index in [0.717, 1.165) is 5.39 Å². The van der Waals surface area contributed by atoms with Crippen molar-refractivity contribution in [3.63, 3.8) is 0 Å². The predicted molar refractivity (Wildman–Crippen MR) is 155 cm³/mol. The highest BCUT2D eigenvalue weighted by atomic mass is 35.5. The lowest BCUT2D eigenvalue weighted by Gasteiger charge is -2.17. The zero-order valence-corrected chi connectivity index (χ0v) is 22.9. The normalized spacial score (nSPS) is 11.7. The van der Waals surface area contributed by atoms with Crippen LogP contribution in [0.3, 0.4) is 0 Å². The molecule has 0 aliphatic heterocycles. The van der Waals surface area contributed by atoms with Crippen molar-refractivity contribution < 1.29 is 9.50 Å². The third kappa shape index (κ3) is 5.34. The van der Waals surface area contributed by atoms with Gasteiger partial charge in [0, 0.05) is 22.7 Å². The van der Waals surface area contributed by atoms with E-state index in [2.05, 4.69) is 25.3 Å². The van der Waals surface area contributed by atoms with E-state index >= 15 is 0 Å². The molecule has 0 aliphatic carbocycles. The summed E-state index contributed by atoms with van der Waals surface area (Å²) in [6.07, 6.45) is 3.39. The molecule has 4 heterocycles. The largest absolute Gasteiger partial charge is 0.384 e. The quantitative estimate of drug-likeness (QED) is 0.264. The van der Waals surface area contributed by atoms with E-state index in [4.69, 9.17) is 22.3 Å². The molecule has 9 nitrogen and oxygen atoms in total. The Morgan fingerprint density at radius 3 is 2.49 bits per heavy atom. The molecular formula is C30H24ClFN8O. The van der Waals surface area contributed by atoms with Gasteiger partial charge in [-0.05, 0) is 68.4 Å². The van der Waals surface area contributed by atoms with Gasteiger partial charge in [-0.1, -0.05) is 28.9 Å². The molecule has 6 rings (SSSR count). The minimum Gasteiger partial charge on any atom is -0.384 e. The van der Waals surface area contributed by atoms with E-state index in [1.807, 2.05) is 30.3 Å². The van der Waals surface area contributed by atoms with Crippen LogP contribution in [0, 0.1) is 5.82 Å². The molecule has 11 heteroatoms. The van der Waals surface area contributed by atoms with E-state index in [-0.39, 0.29) is 11.6 Å². The third-order valence-electron chi connectivity index (χ3n) is 6.51. The van der Waals surface area contributed by atoms with Crippen molar-refractivity contribution in [2.45, 2.75) is 26.0 Å². The Morgan fingerprint density at radius 1 is 0.927 bits per heavy atom. The molecule has 0 amide bonds. The fraction of sp³-hybridized carbons (Fsp3) is 0.133. The van der Waals surface area contributed by atoms with Crippen molar-refractivity contribution >= 4 is 28.3 Å². The number of nitrogens with zero attached hydrogens (tertiary/aromatic N) is 7. The van der Waals surface area contributed by atoms with Crippen LogP contribution in [0.2, 0.25) is 5.02 Å². The van der Waals surface area contributed by atoms with Gasteiger partial charge in [-0.2, -0.15) is 0 Å². The maximum absolute atomic E-state index is 13.7. The number of nitrogen functional groups attached to an aromatic ring is 1. The molecule has 6 aromatic rings. The zero-order chi connectivity index (χ0) is 28.7. The van der Waals surface area contributed by atoms with Crippen LogP contribution in [0.25, 0.3) is 44.8 Å². The summed E-state index contributed by atoms with van der Waals surface area (Å²) in [6.45, 7) is 3.68. The van der Waals surface area contributed by atoms with Gasteiger partial charge in [-0.25, -0.2) is 19.0 Å². The van der Waals surface area contributed by atoms with E-state index in [1.54, 1.807) is 55.2 Å². The lowest BCUT2D eigenvalue weighted by atomic mass is 10.0. The number of aromatic nitrogens is 7. The molecule has 0 unspecified atom stereocenters. The molecule has 0 saturated heterocycles. The Kier molecular flexibility index (Phi) is 6.64. The maximum Gasteiger partial charge on any atom is 0.152 e.